The zero-order valence-corrected chi connectivity index (χ0v) is 11.6. The van der Waals surface area contributed by atoms with Crippen molar-refractivity contribution < 1.29 is 9.66 Å². The van der Waals surface area contributed by atoms with Crippen LogP contribution in [0.25, 0.3) is 0 Å². The monoisotopic (exact) mass is 284 g/mol. The first-order valence-electron chi connectivity index (χ1n) is 6.23. The highest BCUT2D eigenvalue weighted by Crippen LogP contribution is 2.48. The van der Waals surface area contributed by atoms with E-state index in [0.29, 0.717) is 10.4 Å². The van der Waals surface area contributed by atoms with Crippen molar-refractivity contribution in [2.75, 3.05) is 25.6 Å². The number of anilines is 1. The lowest BCUT2D eigenvalue weighted by atomic mass is 10.0. The molecule has 6 heteroatoms. The molecule has 1 aliphatic rings. The second-order valence-electron chi connectivity index (χ2n) is 5.02. The molecule has 1 N–H and O–H groups in total. The van der Waals surface area contributed by atoms with E-state index in [0.717, 1.165) is 25.3 Å². The molecule has 0 radical (unpaired) electrons. The van der Waals surface area contributed by atoms with Crippen molar-refractivity contribution in [3.8, 4) is 0 Å². The summed E-state index contributed by atoms with van der Waals surface area (Å²) < 4.78 is 5.11. The predicted octanol–water partition coefficient (Wildman–Crippen LogP) is 3.48. The molecule has 0 bridgehead atoms. The fourth-order valence-electron chi connectivity index (χ4n) is 2.05. The van der Waals surface area contributed by atoms with Crippen LogP contribution >= 0.6 is 11.6 Å². The van der Waals surface area contributed by atoms with Gasteiger partial charge in [0, 0.05) is 32.4 Å². The normalized spacial score (nSPS) is 16.1. The van der Waals surface area contributed by atoms with Gasteiger partial charge in [-0.15, -0.1) is 0 Å². The summed E-state index contributed by atoms with van der Waals surface area (Å²) in [4.78, 5) is 10.2. The van der Waals surface area contributed by atoms with Gasteiger partial charge in [-0.1, -0.05) is 11.6 Å². The van der Waals surface area contributed by atoms with Gasteiger partial charge in [0.15, 0.2) is 0 Å². The van der Waals surface area contributed by atoms with Gasteiger partial charge in [0.1, 0.15) is 0 Å². The Bertz CT molecular complexity index is 475. The van der Waals surface area contributed by atoms with E-state index in [4.69, 9.17) is 16.3 Å². The minimum absolute atomic E-state index is 0.0102. The highest BCUT2D eigenvalue weighted by atomic mass is 35.5. The van der Waals surface area contributed by atoms with Gasteiger partial charge in [-0.05, 0) is 30.7 Å². The van der Waals surface area contributed by atoms with E-state index < -0.39 is 4.92 Å². The third-order valence-corrected chi connectivity index (χ3v) is 3.92. The summed E-state index contributed by atoms with van der Waals surface area (Å²) in [7, 11) is 1.71. The fraction of sp³-hybridized carbons (Fsp3) is 0.538. The zero-order chi connectivity index (χ0) is 13.9. The van der Waals surface area contributed by atoms with Crippen LogP contribution < -0.4 is 5.32 Å². The summed E-state index contributed by atoms with van der Waals surface area (Å²) in [5, 5.41) is 14.3. The Labute approximate surface area is 117 Å². The number of non-ortho nitro benzene ring substituents is 1. The second-order valence-corrected chi connectivity index (χ2v) is 5.42. The third kappa shape index (κ3) is 3.58. The van der Waals surface area contributed by atoms with Crippen LogP contribution in [0.5, 0.6) is 0 Å². The van der Waals surface area contributed by atoms with Gasteiger partial charge in [-0.2, -0.15) is 0 Å². The summed E-state index contributed by atoms with van der Waals surface area (Å²) >= 11 is 6.04. The van der Waals surface area contributed by atoms with Crippen molar-refractivity contribution in [2.45, 2.75) is 19.3 Å². The average Bonchev–Trinajstić information content (AvgIpc) is 3.15. The van der Waals surface area contributed by atoms with Crippen LogP contribution in [0.2, 0.25) is 5.02 Å². The largest absolute Gasteiger partial charge is 0.385 e. The minimum atomic E-state index is -0.448. The summed E-state index contributed by atoms with van der Waals surface area (Å²) in [5.74, 6) is 0. The number of rotatable bonds is 7. The Morgan fingerprint density at radius 3 is 2.79 bits per heavy atom. The maximum absolute atomic E-state index is 10.6. The molecule has 2 rings (SSSR count). The summed E-state index contributed by atoms with van der Waals surface area (Å²) in [6.07, 6.45) is 3.41. The Hall–Kier alpha value is -1.33. The quantitative estimate of drug-likeness (QED) is 0.615. The highest BCUT2D eigenvalue weighted by molar-refractivity contribution is 6.33. The van der Waals surface area contributed by atoms with Gasteiger partial charge in [-0.3, -0.25) is 10.1 Å². The number of methoxy groups -OCH3 is 1. The molecular formula is C13H17ClN2O3. The Balaban J connectivity index is 1.95. The van der Waals surface area contributed by atoms with Crippen LogP contribution in [0, 0.1) is 15.5 Å². The summed E-state index contributed by atoms with van der Waals surface area (Å²) in [6.45, 7) is 1.59. The standard InChI is InChI=1S/C13H17ClN2O3/c1-19-7-6-13(4-5-13)9-15-12-3-2-10(16(17)18)8-11(12)14/h2-3,8,15H,4-7,9H2,1H3. The maximum Gasteiger partial charge on any atom is 0.271 e. The molecule has 1 fully saturated rings. The van der Waals surface area contributed by atoms with Crippen LogP contribution in [-0.4, -0.2) is 25.2 Å². The smallest absolute Gasteiger partial charge is 0.271 e. The topological polar surface area (TPSA) is 64.4 Å². The van der Waals surface area contributed by atoms with Gasteiger partial charge in [0.2, 0.25) is 0 Å². The van der Waals surface area contributed by atoms with Crippen LogP contribution in [0.4, 0.5) is 11.4 Å². The van der Waals surface area contributed by atoms with Crippen LogP contribution in [-0.2, 0) is 4.74 Å². The number of nitrogens with zero attached hydrogens (tertiary/aromatic N) is 1. The van der Waals surface area contributed by atoms with Gasteiger partial charge >= 0.3 is 0 Å². The van der Waals surface area contributed by atoms with E-state index >= 15 is 0 Å². The Morgan fingerprint density at radius 1 is 1.53 bits per heavy atom. The molecule has 1 aromatic rings. The molecule has 1 aromatic carbocycles. The van der Waals surface area contributed by atoms with Crippen LogP contribution in [0.1, 0.15) is 19.3 Å². The van der Waals surface area contributed by atoms with Crippen molar-refractivity contribution in [2.24, 2.45) is 5.41 Å². The van der Waals surface area contributed by atoms with Gasteiger partial charge in [0.05, 0.1) is 15.6 Å². The molecule has 0 heterocycles. The molecule has 0 saturated heterocycles. The SMILES string of the molecule is COCCC1(CNc2ccc([N+](=O)[O-])cc2Cl)CC1. The number of hydrogen-bond acceptors (Lipinski definition) is 4. The minimum Gasteiger partial charge on any atom is -0.385 e. The first-order chi connectivity index (χ1) is 9.06. The fourth-order valence-corrected chi connectivity index (χ4v) is 2.30. The van der Waals surface area contributed by atoms with Gasteiger partial charge in [-0.25, -0.2) is 0 Å². The number of nitrogens with one attached hydrogen (secondary N) is 1. The second kappa shape index (κ2) is 5.75. The summed E-state index contributed by atoms with van der Waals surface area (Å²) in [6, 6.07) is 4.49. The van der Waals surface area contributed by atoms with Crippen molar-refractivity contribution >= 4 is 23.0 Å². The molecule has 19 heavy (non-hydrogen) atoms. The van der Waals surface area contributed by atoms with Crippen molar-refractivity contribution in [3.05, 3.63) is 33.3 Å². The molecular weight excluding hydrogens is 268 g/mol. The molecule has 0 atom stereocenters. The average molecular weight is 285 g/mol. The van der Waals surface area contributed by atoms with Crippen LogP contribution in [0.15, 0.2) is 18.2 Å². The molecule has 0 unspecified atom stereocenters. The van der Waals surface area contributed by atoms with Crippen molar-refractivity contribution in [1.82, 2.24) is 0 Å². The van der Waals surface area contributed by atoms with E-state index in [-0.39, 0.29) is 5.69 Å². The van der Waals surface area contributed by atoms with Gasteiger partial charge < -0.3 is 10.1 Å². The molecule has 1 aliphatic carbocycles. The maximum atomic E-state index is 10.6. The van der Waals surface area contributed by atoms with E-state index in [1.54, 1.807) is 13.2 Å². The van der Waals surface area contributed by atoms with Crippen LogP contribution in [0.3, 0.4) is 0 Å². The molecule has 0 spiro atoms. The molecule has 1 saturated carbocycles. The van der Waals surface area contributed by atoms with E-state index in [9.17, 15) is 10.1 Å². The predicted molar refractivity (Wildman–Crippen MR) is 74.8 cm³/mol. The lowest BCUT2D eigenvalue weighted by Gasteiger charge is -2.17. The number of halogens is 1. The summed E-state index contributed by atoms with van der Waals surface area (Å²) in [5.41, 5.74) is 1.06. The number of benzene rings is 1. The first kappa shape index (κ1) is 14.1. The highest BCUT2D eigenvalue weighted by Gasteiger charge is 2.41. The van der Waals surface area contributed by atoms with Gasteiger partial charge in [0.25, 0.3) is 5.69 Å². The lowest BCUT2D eigenvalue weighted by Crippen LogP contribution is -2.17. The molecule has 0 amide bonds. The molecule has 0 aliphatic heterocycles. The third-order valence-electron chi connectivity index (χ3n) is 3.61. The van der Waals surface area contributed by atoms with E-state index in [2.05, 4.69) is 5.32 Å². The molecule has 0 aromatic heterocycles. The number of ether oxygens (including phenoxy) is 1. The number of hydrogen-bond donors (Lipinski definition) is 1. The Kier molecular flexibility index (Phi) is 4.27. The lowest BCUT2D eigenvalue weighted by molar-refractivity contribution is -0.384. The first-order valence-corrected chi connectivity index (χ1v) is 6.61. The number of nitro groups is 1. The zero-order valence-electron chi connectivity index (χ0n) is 10.8. The molecule has 104 valence electrons. The van der Waals surface area contributed by atoms with E-state index in [1.807, 2.05) is 0 Å². The molecule has 5 nitrogen and oxygen atoms in total. The Morgan fingerprint density at radius 2 is 2.26 bits per heavy atom. The number of nitro benzene ring substituents is 1. The van der Waals surface area contributed by atoms with Crippen molar-refractivity contribution in [3.63, 3.8) is 0 Å². The van der Waals surface area contributed by atoms with E-state index in [1.165, 1.54) is 25.0 Å². The van der Waals surface area contributed by atoms with Crippen molar-refractivity contribution in [1.29, 1.82) is 0 Å².